The third kappa shape index (κ3) is 5.92. The predicted octanol–water partition coefficient (Wildman–Crippen LogP) is 7.96. The van der Waals surface area contributed by atoms with Crippen LogP contribution in [-0.2, 0) is 6.61 Å². The Bertz CT molecular complexity index is 1360. The fourth-order valence-corrected chi connectivity index (χ4v) is 5.77. The Kier molecular flexibility index (Phi) is 7.68. The molecule has 0 atom stereocenters. The first kappa shape index (κ1) is 24.1. The lowest BCUT2D eigenvalue weighted by Gasteiger charge is -2.11. The maximum atomic E-state index is 13.3. The molecule has 5 nitrogen and oxygen atoms in total. The SMILES string of the molecule is O=C(N/N=C\c1cc(Br)c(OCc2cccc(F)c2)c(Br)c1)c1cc2cc(Br)cc(Br)c2o1. The summed E-state index contributed by atoms with van der Waals surface area (Å²) in [5.41, 5.74) is 4.46. The predicted molar refractivity (Wildman–Crippen MR) is 139 cm³/mol. The van der Waals surface area contributed by atoms with Gasteiger partial charge in [-0.3, -0.25) is 4.79 Å². The molecular weight excluding hydrogens is 691 g/mol. The number of carbonyl (C=O) groups excluding carboxylic acids is 1. The highest BCUT2D eigenvalue weighted by Crippen LogP contribution is 2.35. The molecule has 0 radical (unpaired) electrons. The van der Waals surface area contributed by atoms with Crippen LogP contribution in [0.2, 0.25) is 0 Å². The minimum atomic E-state index is -0.473. The molecule has 0 spiro atoms. The van der Waals surface area contributed by atoms with Gasteiger partial charge in [-0.2, -0.15) is 5.10 Å². The quantitative estimate of drug-likeness (QED) is 0.164. The van der Waals surface area contributed by atoms with Crippen LogP contribution in [0, 0.1) is 5.82 Å². The smallest absolute Gasteiger partial charge is 0.307 e. The van der Waals surface area contributed by atoms with Crippen LogP contribution in [0.15, 0.2) is 82.0 Å². The molecule has 0 aliphatic rings. The van der Waals surface area contributed by atoms with Crippen molar-refractivity contribution in [3.05, 3.63) is 95.2 Å². The van der Waals surface area contributed by atoms with Crippen molar-refractivity contribution in [1.82, 2.24) is 5.43 Å². The monoisotopic (exact) mass is 700 g/mol. The Morgan fingerprint density at radius 3 is 2.52 bits per heavy atom. The van der Waals surface area contributed by atoms with Gasteiger partial charge in [0.25, 0.3) is 0 Å². The molecule has 10 heteroatoms. The van der Waals surface area contributed by atoms with Crippen molar-refractivity contribution >= 4 is 86.8 Å². The van der Waals surface area contributed by atoms with E-state index in [1.54, 1.807) is 30.3 Å². The Morgan fingerprint density at radius 2 is 1.79 bits per heavy atom. The van der Waals surface area contributed by atoms with Crippen molar-refractivity contribution in [2.75, 3.05) is 0 Å². The maximum Gasteiger partial charge on any atom is 0.307 e. The molecule has 3 aromatic carbocycles. The maximum absolute atomic E-state index is 13.3. The average molecular weight is 704 g/mol. The number of halogens is 5. The van der Waals surface area contributed by atoms with E-state index in [0.717, 1.165) is 14.3 Å². The van der Waals surface area contributed by atoms with Crippen molar-refractivity contribution in [1.29, 1.82) is 0 Å². The molecule has 1 aromatic heterocycles. The van der Waals surface area contributed by atoms with Gasteiger partial charge in [0.1, 0.15) is 23.8 Å². The number of amides is 1. The van der Waals surface area contributed by atoms with Crippen molar-refractivity contribution in [3.63, 3.8) is 0 Å². The third-order valence-corrected chi connectivity index (χ3v) is 6.66. The number of furan rings is 1. The van der Waals surface area contributed by atoms with Crippen LogP contribution in [0.25, 0.3) is 11.0 Å². The first-order chi connectivity index (χ1) is 15.8. The number of ether oxygens (including phenoxy) is 1. The second kappa shape index (κ2) is 10.5. The summed E-state index contributed by atoms with van der Waals surface area (Å²) in [6, 6.07) is 15.1. The standard InChI is InChI=1S/C23H13Br4FN2O3/c24-15-7-14-8-20(33-21(14)19(27)9-15)23(31)30-29-10-13-5-17(25)22(18(26)6-13)32-11-12-2-1-3-16(28)4-12/h1-10H,11H2,(H,30,31)/b29-10-. The van der Waals surface area contributed by atoms with Gasteiger partial charge in [-0.05, 0) is 101 Å². The van der Waals surface area contributed by atoms with Crippen LogP contribution in [0.3, 0.4) is 0 Å². The summed E-state index contributed by atoms with van der Waals surface area (Å²) in [4.78, 5) is 12.4. The zero-order chi connectivity index (χ0) is 23.5. The number of rotatable bonds is 6. The number of fused-ring (bicyclic) bond motifs is 1. The van der Waals surface area contributed by atoms with Crippen molar-refractivity contribution < 1.29 is 18.3 Å². The number of carbonyl (C=O) groups is 1. The van der Waals surface area contributed by atoms with E-state index in [1.165, 1.54) is 18.3 Å². The topological polar surface area (TPSA) is 63.8 Å². The Hall–Kier alpha value is -2.01. The van der Waals surface area contributed by atoms with Gasteiger partial charge in [-0.15, -0.1) is 0 Å². The first-order valence-electron chi connectivity index (χ1n) is 9.38. The molecule has 4 aromatic rings. The van der Waals surface area contributed by atoms with Crippen molar-refractivity contribution in [2.45, 2.75) is 6.61 Å². The van der Waals surface area contributed by atoms with Gasteiger partial charge in [-0.25, -0.2) is 9.82 Å². The Balaban J connectivity index is 1.43. The molecule has 33 heavy (non-hydrogen) atoms. The van der Waals surface area contributed by atoms with Gasteiger partial charge in [0.15, 0.2) is 5.76 Å². The van der Waals surface area contributed by atoms with E-state index >= 15 is 0 Å². The molecule has 1 N–H and O–H groups in total. The number of hydrogen-bond donors (Lipinski definition) is 1. The normalized spacial score (nSPS) is 11.3. The lowest BCUT2D eigenvalue weighted by atomic mass is 10.2. The number of hydrogen-bond acceptors (Lipinski definition) is 4. The molecule has 0 aliphatic heterocycles. The third-order valence-electron chi connectivity index (χ3n) is 4.43. The van der Waals surface area contributed by atoms with E-state index < -0.39 is 5.91 Å². The molecule has 4 rings (SSSR count). The van der Waals surface area contributed by atoms with Crippen molar-refractivity contribution in [3.8, 4) is 5.75 Å². The van der Waals surface area contributed by atoms with Crippen LogP contribution in [0.4, 0.5) is 4.39 Å². The van der Waals surface area contributed by atoms with E-state index in [0.29, 0.717) is 31.4 Å². The molecular formula is C23H13Br4FN2O3. The van der Waals surface area contributed by atoms with E-state index in [2.05, 4.69) is 74.2 Å². The summed E-state index contributed by atoms with van der Waals surface area (Å²) in [5, 5.41) is 4.80. The summed E-state index contributed by atoms with van der Waals surface area (Å²) in [7, 11) is 0. The molecule has 0 bridgehead atoms. The number of nitrogens with one attached hydrogen (secondary N) is 1. The van der Waals surface area contributed by atoms with Crippen LogP contribution < -0.4 is 10.2 Å². The summed E-state index contributed by atoms with van der Waals surface area (Å²) in [5.74, 6) is -0.0755. The number of hydrazone groups is 1. The molecule has 1 amide bonds. The van der Waals surface area contributed by atoms with E-state index in [-0.39, 0.29) is 18.2 Å². The second-order valence-corrected chi connectivity index (χ2v) is 10.3. The van der Waals surface area contributed by atoms with Crippen LogP contribution >= 0.6 is 63.7 Å². The first-order valence-corrected chi connectivity index (χ1v) is 12.6. The molecule has 168 valence electrons. The minimum absolute atomic E-state index is 0.143. The lowest BCUT2D eigenvalue weighted by molar-refractivity contribution is 0.0929. The Morgan fingerprint density at radius 1 is 1.03 bits per heavy atom. The van der Waals surface area contributed by atoms with Gasteiger partial charge >= 0.3 is 5.91 Å². The van der Waals surface area contributed by atoms with E-state index in [9.17, 15) is 9.18 Å². The van der Waals surface area contributed by atoms with Gasteiger partial charge in [-0.1, -0.05) is 28.1 Å². The molecule has 0 fully saturated rings. The van der Waals surface area contributed by atoms with E-state index in [1.807, 2.05) is 12.1 Å². The van der Waals surface area contributed by atoms with Gasteiger partial charge in [0.05, 0.1) is 19.6 Å². The summed E-state index contributed by atoms with van der Waals surface area (Å²) in [6.45, 7) is 0.211. The molecule has 1 heterocycles. The molecule has 0 aliphatic carbocycles. The van der Waals surface area contributed by atoms with Crippen LogP contribution in [0.1, 0.15) is 21.7 Å². The lowest BCUT2D eigenvalue weighted by Crippen LogP contribution is -2.16. The van der Waals surface area contributed by atoms with Gasteiger partial charge in [0, 0.05) is 9.86 Å². The van der Waals surface area contributed by atoms with Crippen LogP contribution in [0.5, 0.6) is 5.75 Å². The fourth-order valence-electron chi connectivity index (χ4n) is 2.98. The number of benzene rings is 3. The highest BCUT2D eigenvalue weighted by Gasteiger charge is 2.14. The largest absolute Gasteiger partial charge is 0.487 e. The minimum Gasteiger partial charge on any atom is -0.487 e. The fraction of sp³-hybridized carbons (Fsp3) is 0.0435. The molecule has 0 unspecified atom stereocenters. The Labute approximate surface area is 221 Å². The number of nitrogens with zero attached hydrogens (tertiary/aromatic N) is 1. The van der Waals surface area contributed by atoms with Crippen LogP contribution in [-0.4, -0.2) is 12.1 Å². The molecule has 0 saturated heterocycles. The summed E-state index contributed by atoms with van der Waals surface area (Å²) >= 11 is 13.8. The van der Waals surface area contributed by atoms with Crippen molar-refractivity contribution in [2.24, 2.45) is 5.10 Å². The van der Waals surface area contributed by atoms with E-state index in [4.69, 9.17) is 9.15 Å². The average Bonchev–Trinajstić information content (AvgIpc) is 3.18. The molecule has 0 saturated carbocycles. The zero-order valence-corrected chi connectivity index (χ0v) is 22.9. The highest BCUT2D eigenvalue weighted by molar-refractivity contribution is 9.11. The highest BCUT2D eigenvalue weighted by atomic mass is 79.9. The summed E-state index contributed by atoms with van der Waals surface area (Å²) < 4.78 is 27.8. The zero-order valence-electron chi connectivity index (χ0n) is 16.5. The van der Waals surface area contributed by atoms with Gasteiger partial charge < -0.3 is 9.15 Å². The second-order valence-electron chi connectivity index (χ2n) is 6.85. The van der Waals surface area contributed by atoms with Gasteiger partial charge in [0.2, 0.25) is 0 Å². The summed E-state index contributed by atoms with van der Waals surface area (Å²) in [6.07, 6.45) is 1.50.